The van der Waals surface area contributed by atoms with E-state index in [1.54, 1.807) is 0 Å². The monoisotopic (exact) mass is 154 g/mol. The van der Waals surface area contributed by atoms with Crippen LogP contribution in [0.3, 0.4) is 0 Å². The number of carbonyl (C=O) groups excluding carboxylic acids is 2. The number of hydrogen-bond donors (Lipinski definition) is 2. The Hall–Kier alpha value is -0.838. The number of primary amides is 2. The van der Waals surface area contributed by atoms with Crippen molar-refractivity contribution in [2.24, 2.45) is 11.5 Å². The molecule has 7 nitrogen and oxygen atoms in total. The molecular weight excluding hydrogens is 150 g/mol. The molecule has 0 radical (unpaired) electrons. The van der Waals surface area contributed by atoms with Crippen LogP contribution in [0.5, 0.6) is 0 Å². The van der Waals surface area contributed by atoms with E-state index in [9.17, 15) is 14.6 Å². The van der Waals surface area contributed by atoms with Crippen molar-refractivity contribution < 1.29 is 42.8 Å². The minimum atomic E-state index is -2.28. The quantitative estimate of drug-likeness (QED) is 0.383. The van der Waals surface area contributed by atoms with Crippen LogP contribution >= 0.6 is 0 Å². The Morgan fingerprint density at radius 3 is 1.64 bits per heavy atom. The smallest absolute Gasteiger partial charge is 0.808 e. The molecule has 0 aliphatic heterocycles. The molecular formula is C2H4BLiN2O5. The third kappa shape index (κ3) is 9.16. The summed E-state index contributed by atoms with van der Waals surface area (Å²) < 4.78 is 7.24. The molecule has 0 heterocycles. The van der Waals surface area contributed by atoms with Crippen LogP contribution in [-0.4, -0.2) is 19.5 Å². The fourth-order valence-electron chi connectivity index (χ4n) is 0.214. The molecule has 56 valence electrons. The van der Waals surface area contributed by atoms with Gasteiger partial charge in [-0.1, -0.05) is 0 Å². The van der Waals surface area contributed by atoms with Crippen molar-refractivity contribution >= 4 is 19.5 Å². The number of amides is 2. The standard InChI is InChI=1S/C2H4BN2O5.Li/c4-1(6)9-3(8)10-2(5)7;/h(H2,4,6)(H2,5,7);/q-1;+1. The van der Waals surface area contributed by atoms with Gasteiger partial charge in [0.2, 0.25) is 0 Å². The van der Waals surface area contributed by atoms with Crippen LogP contribution in [0.4, 0.5) is 9.59 Å². The average Bonchev–Trinajstić information content (AvgIpc) is 1.58. The summed E-state index contributed by atoms with van der Waals surface area (Å²) in [6.45, 7) is 0. The summed E-state index contributed by atoms with van der Waals surface area (Å²) >= 11 is 0. The van der Waals surface area contributed by atoms with Gasteiger partial charge in [-0.2, -0.15) is 0 Å². The van der Waals surface area contributed by atoms with Crippen LogP contribution < -0.4 is 35.4 Å². The van der Waals surface area contributed by atoms with E-state index in [2.05, 4.69) is 20.8 Å². The molecule has 0 aromatic carbocycles. The van der Waals surface area contributed by atoms with Gasteiger partial charge in [0, 0.05) is 0 Å². The predicted octanol–water partition coefficient (Wildman–Crippen LogP) is -5.47. The van der Waals surface area contributed by atoms with Crippen LogP contribution in [0.1, 0.15) is 0 Å². The molecule has 0 bridgehead atoms. The second kappa shape index (κ2) is 5.91. The second-order valence-electron chi connectivity index (χ2n) is 1.16. The van der Waals surface area contributed by atoms with E-state index < -0.39 is 19.5 Å². The Kier molecular flexibility index (Phi) is 6.88. The minimum Gasteiger partial charge on any atom is -0.808 e. The maximum Gasteiger partial charge on any atom is 1.00 e. The van der Waals surface area contributed by atoms with Crippen molar-refractivity contribution in [3.8, 4) is 0 Å². The van der Waals surface area contributed by atoms with Gasteiger partial charge < -0.3 is 25.8 Å². The first-order chi connectivity index (χ1) is 4.52. The first kappa shape index (κ1) is 12.8. The maximum atomic E-state index is 10.1. The first-order valence-corrected chi connectivity index (χ1v) is 2.10. The number of rotatable bonds is 2. The molecule has 0 atom stereocenters. The maximum absolute atomic E-state index is 10.1. The zero-order valence-electron chi connectivity index (χ0n) is 5.77. The van der Waals surface area contributed by atoms with Crippen molar-refractivity contribution in [2.45, 2.75) is 0 Å². The molecule has 0 saturated carbocycles. The Morgan fingerprint density at radius 1 is 1.18 bits per heavy atom. The molecule has 4 N–H and O–H groups in total. The van der Waals surface area contributed by atoms with Gasteiger partial charge in [-0.3, -0.25) is 0 Å². The Morgan fingerprint density at radius 2 is 1.45 bits per heavy atom. The van der Waals surface area contributed by atoms with Crippen LogP contribution in [0, 0.1) is 0 Å². The van der Waals surface area contributed by atoms with E-state index >= 15 is 0 Å². The molecule has 0 saturated heterocycles. The number of nitrogens with two attached hydrogens (primary N) is 2. The van der Waals surface area contributed by atoms with E-state index in [0.29, 0.717) is 0 Å². The predicted molar refractivity (Wildman–Crippen MR) is 27.1 cm³/mol. The summed E-state index contributed by atoms with van der Waals surface area (Å²) in [7, 11) is -2.28. The van der Waals surface area contributed by atoms with Gasteiger partial charge in [0.1, 0.15) is 0 Å². The first-order valence-electron chi connectivity index (χ1n) is 2.10. The SMILES string of the molecule is NC(=O)OB([O-])OC(N)=O.[Li+]. The van der Waals surface area contributed by atoms with Gasteiger partial charge in [-0.15, -0.1) is 0 Å². The molecule has 0 unspecified atom stereocenters. The number of carbonyl (C=O) groups is 2. The van der Waals surface area contributed by atoms with E-state index in [4.69, 9.17) is 0 Å². The molecule has 0 aliphatic rings. The van der Waals surface area contributed by atoms with Crippen molar-refractivity contribution in [1.29, 1.82) is 0 Å². The minimum absolute atomic E-state index is 0. The third-order valence-electron chi connectivity index (χ3n) is 0.425. The van der Waals surface area contributed by atoms with E-state index in [1.165, 1.54) is 0 Å². The summed E-state index contributed by atoms with van der Waals surface area (Å²) in [6.07, 6.45) is -2.66. The molecule has 9 heteroatoms. The van der Waals surface area contributed by atoms with Gasteiger partial charge in [0.15, 0.2) is 0 Å². The fourth-order valence-corrected chi connectivity index (χ4v) is 0.214. The summed E-state index contributed by atoms with van der Waals surface area (Å²) in [6, 6.07) is 0. The van der Waals surface area contributed by atoms with Crippen LogP contribution in [-0.2, 0) is 9.31 Å². The topological polar surface area (TPSA) is 128 Å². The normalized spacial score (nSPS) is 7.36. The van der Waals surface area contributed by atoms with E-state index in [1.807, 2.05) is 0 Å². The molecule has 0 aliphatic carbocycles. The van der Waals surface area contributed by atoms with Gasteiger partial charge in [0.25, 0.3) is 0 Å². The summed E-state index contributed by atoms with van der Waals surface area (Å²) in [4.78, 5) is 19.5. The molecule has 0 rings (SSSR count). The van der Waals surface area contributed by atoms with Crippen molar-refractivity contribution in [1.82, 2.24) is 0 Å². The fraction of sp³-hybridized carbons (Fsp3) is 0. The van der Waals surface area contributed by atoms with Crippen molar-refractivity contribution in [2.75, 3.05) is 0 Å². The van der Waals surface area contributed by atoms with Gasteiger partial charge in [-0.25, -0.2) is 9.59 Å². The zero-order chi connectivity index (χ0) is 8.15. The molecule has 11 heavy (non-hydrogen) atoms. The molecule has 0 aromatic heterocycles. The Bertz CT molecular complexity index is 137. The molecule has 0 spiro atoms. The third-order valence-corrected chi connectivity index (χ3v) is 0.425. The van der Waals surface area contributed by atoms with Crippen molar-refractivity contribution in [3.63, 3.8) is 0 Å². The Balaban J connectivity index is 0. The Labute approximate surface area is 74.4 Å². The molecule has 2 amide bonds. The van der Waals surface area contributed by atoms with Crippen LogP contribution in [0.15, 0.2) is 0 Å². The zero-order valence-corrected chi connectivity index (χ0v) is 5.77. The van der Waals surface area contributed by atoms with E-state index in [0.717, 1.165) is 0 Å². The summed E-state index contributed by atoms with van der Waals surface area (Å²) in [5.41, 5.74) is 8.75. The largest absolute Gasteiger partial charge is 1.00 e. The number of hydrogen-bond acceptors (Lipinski definition) is 5. The van der Waals surface area contributed by atoms with Crippen LogP contribution in [0.25, 0.3) is 0 Å². The summed E-state index contributed by atoms with van der Waals surface area (Å²) in [5.74, 6) is 0. The molecule has 0 fully saturated rings. The summed E-state index contributed by atoms with van der Waals surface area (Å²) in [5, 5.41) is 10.1. The second-order valence-corrected chi connectivity index (χ2v) is 1.16. The molecule has 0 aromatic rings. The van der Waals surface area contributed by atoms with Crippen molar-refractivity contribution in [3.05, 3.63) is 0 Å². The average molecular weight is 154 g/mol. The van der Waals surface area contributed by atoms with Crippen LogP contribution in [0.2, 0.25) is 0 Å². The van der Waals surface area contributed by atoms with Gasteiger partial charge in [0.05, 0.1) is 0 Å². The van der Waals surface area contributed by atoms with Gasteiger partial charge in [-0.05, 0) is 0 Å². The van der Waals surface area contributed by atoms with E-state index in [-0.39, 0.29) is 18.9 Å². The van der Waals surface area contributed by atoms with Gasteiger partial charge >= 0.3 is 38.4 Å².